The third-order valence-corrected chi connectivity index (χ3v) is 3.17. The number of rotatable bonds is 5. The molecule has 1 aromatic carbocycles. The fraction of sp³-hybridized carbons (Fsp3) is 0.250. The number of nitro groups is 1. The molecule has 9 nitrogen and oxygen atoms in total. The Bertz CT molecular complexity index is 710. The van der Waals surface area contributed by atoms with Crippen LogP contribution in [0.2, 0.25) is 0 Å². The first-order valence-corrected chi connectivity index (χ1v) is 6.04. The maximum Gasteiger partial charge on any atom is 0.358 e. The minimum atomic E-state index is -1.21. The van der Waals surface area contributed by atoms with Crippen molar-refractivity contribution in [3.05, 3.63) is 50.8 Å². The first-order chi connectivity index (χ1) is 9.95. The number of carboxylic acids is 1. The summed E-state index contributed by atoms with van der Waals surface area (Å²) in [5.41, 5.74) is 6.75. The van der Waals surface area contributed by atoms with Gasteiger partial charge in [0, 0.05) is 18.2 Å². The zero-order valence-corrected chi connectivity index (χ0v) is 11.2. The van der Waals surface area contributed by atoms with Crippen molar-refractivity contribution in [2.45, 2.75) is 20.0 Å². The Morgan fingerprint density at radius 2 is 2.24 bits per heavy atom. The average molecular weight is 291 g/mol. The molecule has 2 rings (SSSR count). The van der Waals surface area contributed by atoms with Crippen LogP contribution >= 0.6 is 0 Å². The summed E-state index contributed by atoms with van der Waals surface area (Å²) in [5.74, 6) is -1.21. The Kier molecular flexibility index (Phi) is 3.94. The average Bonchev–Trinajstić information content (AvgIpc) is 2.83. The lowest BCUT2D eigenvalue weighted by Gasteiger charge is -2.08. The fourth-order valence-electron chi connectivity index (χ4n) is 2.03. The molecule has 0 spiro atoms. The highest BCUT2D eigenvalue weighted by molar-refractivity contribution is 5.86. The van der Waals surface area contributed by atoms with Crippen LogP contribution in [-0.4, -0.2) is 31.0 Å². The number of aromatic carboxylic acids is 1. The number of nitro benzene ring substituents is 1. The predicted octanol–water partition coefficient (Wildman–Crippen LogP) is 0.700. The molecule has 0 fully saturated rings. The molecule has 1 aromatic heterocycles. The molecule has 0 unspecified atom stereocenters. The highest BCUT2D eigenvalue weighted by atomic mass is 16.6. The largest absolute Gasteiger partial charge is 0.476 e. The van der Waals surface area contributed by atoms with E-state index in [4.69, 9.17) is 10.8 Å². The molecule has 9 heteroatoms. The molecule has 0 aliphatic rings. The van der Waals surface area contributed by atoms with Crippen LogP contribution in [0.5, 0.6) is 0 Å². The Morgan fingerprint density at radius 3 is 2.81 bits per heavy atom. The summed E-state index contributed by atoms with van der Waals surface area (Å²) >= 11 is 0. The van der Waals surface area contributed by atoms with Gasteiger partial charge in [0.25, 0.3) is 5.69 Å². The lowest BCUT2D eigenvalue weighted by molar-refractivity contribution is -0.385. The molecule has 0 atom stereocenters. The molecule has 0 bridgehead atoms. The van der Waals surface area contributed by atoms with E-state index in [0.29, 0.717) is 11.1 Å². The predicted molar refractivity (Wildman–Crippen MR) is 71.8 cm³/mol. The second kappa shape index (κ2) is 5.67. The zero-order valence-electron chi connectivity index (χ0n) is 11.2. The van der Waals surface area contributed by atoms with E-state index in [0.717, 1.165) is 0 Å². The summed E-state index contributed by atoms with van der Waals surface area (Å²) < 4.78 is 1.34. The molecule has 0 aliphatic heterocycles. The van der Waals surface area contributed by atoms with Gasteiger partial charge in [0.05, 0.1) is 17.2 Å². The van der Waals surface area contributed by atoms with Crippen molar-refractivity contribution < 1.29 is 14.8 Å². The highest BCUT2D eigenvalue weighted by Crippen LogP contribution is 2.22. The van der Waals surface area contributed by atoms with Crippen LogP contribution in [0, 0.1) is 17.0 Å². The summed E-state index contributed by atoms with van der Waals surface area (Å²) in [5, 5.41) is 27.2. The lowest BCUT2D eigenvalue weighted by Crippen LogP contribution is -2.14. The van der Waals surface area contributed by atoms with E-state index in [1.807, 2.05) is 0 Å². The Hall–Kier alpha value is -2.81. The van der Waals surface area contributed by atoms with Gasteiger partial charge in [-0.3, -0.25) is 10.1 Å². The number of benzene rings is 1. The molecule has 0 radical (unpaired) electrons. The zero-order chi connectivity index (χ0) is 15.6. The van der Waals surface area contributed by atoms with Crippen LogP contribution in [-0.2, 0) is 13.1 Å². The Morgan fingerprint density at radius 1 is 1.52 bits per heavy atom. The molecule has 0 aliphatic carbocycles. The van der Waals surface area contributed by atoms with Crippen molar-refractivity contribution >= 4 is 11.7 Å². The molecule has 21 heavy (non-hydrogen) atoms. The van der Waals surface area contributed by atoms with E-state index in [1.165, 1.54) is 10.7 Å². The number of hydrogen-bond donors (Lipinski definition) is 2. The van der Waals surface area contributed by atoms with Crippen molar-refractivity contribution in [1.82, 2.24) is 15.0 Å². The topological polar surface area (TPSA) is 137 Å². The van der Waals surface area contributed by atoms with Gasteiger partial charge in [-0.15, -0.1) is 5.10 Å². The van der Waals surface area contributed by atoms with E-state index >= 15 is 0 Å². The van der Waals surface area contributed by atoms with Gasteiger partial charge in [0.2, 0.25) is 0 Å². The van der Waals surface area contributed by atoms with Gasteiger partial charge < -0.3 is 10.8 Å². The molecule has 1 heterocycles. The van der Waals surface area contributed by atoms with E-state index in [-0.39, 0.29) is 30.2 Å². The lowest BCUT2D eigenvalue weighted by atomic mass is 10.1. The first-order valence-electron chi connectivity index (χ1n) is 6.04. The number of carboxylic acid groups (broad SMARTS) is 1. The van der Waals surface area contributed by atoms with Crippen molar-refractivity contribution in [1.29, 1.82) is 0 Å². The van der Waals surface area contributed by atoms with Crippen LogP contribution < -0.4 is 5.73 Å². The SMILES string of the molecule is Cc1c(Cn2nnc(C(=O)O)c2CN)cccc1[N+](=O)[O-]. The smallest absolute Gasteiger partial charge is 0.358 e. The van der Waals surface area contributed by atoms with Crippen LogP contribution in [0.15, 0.2) is 18.2 Å². The van der Waals surface area contributed by atoms with Gasteiger partial charge >= 0.3 is 5.97 Å². The molecule has 110 valence electrons. The molecule has 3 N–H and O–H groups in total. The molecule has 0 saturated heterocycles. The van der Waals surface area contributed by atoms with Crippen molar-refractivity contribution in [2.75, 3.05) is 0 Å². The number of nitrogens with zero attached hydrogens (tertiary/aromatic N) is 4. The van der Waals surface area contributed by atoms with E-state index in [1.54, 1.807) is 19.1 Å². The van der Waals surface area contributed by atoms with Gasteiger partial charge in [0.1, 0.15) is 0 Å². The van der Waals surface area contributed by atoms with Gasteiger partial charge in [0.15, 0.2) is 5.69 Å². The van der Waals surface area contributed by atoms with Crippen LogP contribution in [0.25, 0.3) is 0 Å². The maximum absolute atomic E-state index is 11.0. The third-order valence-electron chi connectivity index (χ3n) is 3.17. The van der Waals surface area contributed by atoms with Crippen molar-refractivity contribution in [2.24, 2.45) is 5.73 Å². The van der Waals surface area contributed by atoms with Gasteiger partial charge in [-0.1, -0.05) is 17.3 Å². The molecule has 0 saturated carbocycles. The Balaban J connectivity index is 2.42. The first kappa shape index (κ1) is 14.6. The molecular formula is C12H13N5O4. The highest BCUT2D eigenvalue weighted by Gasteiger charge is 2.19. The molecular weight excluding hydrogens is 278 g/mol. The minimum absolute atomic E-state index is 0.000344. The Labute approximate surface area is 119 Å². The quantitative estimate of drug-likeness (QED) is 0.610. The van der Waals surface area contributed by atoms with Gasteiger partial charge in [-0.05, 0) is 12.5 Å². The van der Waals surface area contributed by atoms with Crippen LogP contribution in [0.3, 0.4) is 0 Å². The summed E-state index contributed by atoms with van der Waals surface area (Å²) in [7, 11) is 0. The third kappa shape index (κ3) is 2.72. The maximum atomic E-state index is 11.0. The molecule has 0 amide bonds. The van der Waals surface area contributed by atoms with E-state index < -0.39 is 10.9 Å². The summed E-state index contributed by atoms with van der Waals surface area (Å²) in [4.78, 5) is 21.4. The fourth-order valence-corrected chi connectivity index (χ4v) is 2.03. The number of aromatic nitrogens is 3. The minimum Gasteiger partial charge on any atom is -0.476 e. The van der Waals surface area contributed by atoms with E-state index in [2.05, 4.69) is 10.3 Å². The van der Waals surface area contributed by atoms with Crippen molar-refractivity contribution in [3.8, 4) is 0 Å². The summed E-state index contributed by atoms with van der Waals surface area (Å²) in [6.45, 7) is 1.76. The van der Waals surface area contributed by atoms with Gasteiger partial charge in [-0.25, -0.2) is 9.48 Å². The number of nitrogens with two attached hydrogens (primary N) is 1. The standard InChI is InChI=1S/C12H13N5O4/c1-7-8(3-2-4-9(7)17(20)21)6-16-10(5-13)11(12(18)19)14-15-16/h2-4H,5-6,13H2,1H3,(H,18,19). The van der Waals surface area contributed by atoms with Gasteiger partial charge in [-0.2, -0.15) is 0 Å². The van der Waals surface area contributed by atoms with Crippen LogP contribution in [0.1, 0.15) is 27.3 Å². The van der Waals surface area contributed by atoms with Crippen molar-refractivity contribution in [3.63, 3.8) is 0 Å². The second-order valence-electron chi connectivity index (χ2n) is 4.37. The van der Waals surface area contributed by atoms with E-state index in [9.17, 15) is 14.9 Å². The normalized spacial score (nSPS) is 10.6. The van der Waals surface area contributed by atoms with Crippen LogP contribution in [0.4, 0.5) is 5.69 Å². The summed E-state index contributed by atoms with van der Waals surface area (Å²) in [6.07, 6.45) is 0. The number of hydrogen-bond acceptors (Lipinski definition) is 6. The molecule has 2 aromatic rings. The second-order valence-corrected chi connectivity index (χ2v) is 4.37. The summed E-state index contributed by atoms with van der Waals surface area (Å²) in [6, 6.07) is 4.69. The monoisotopic (exact) mass is 291 g/mol. The number of carbonyl (C=O) groups is 1.